The molecule has 7 rings (SSSR count). The first-order valence-electron chi connectivity index (χ1n) is 19.5. The number of alkyl carbamates (subject to hydrolysis) is 1. The molecule has 2 aliphatic heterocycles. The zero-order chi connectivity index (χ0) is 39.6. The minimum Gasteiger partial charge on any atom is -0.494 e. The molecule has 0 spiro atoms. The molecule has 3 amide bonds. The molecule has 4 aliphatic rings. The molecule has 2 aromatic heterocycles. The largest absolute Gasteiger partial charge is 0.494 e. The number of halogens is 1. The zero-order valence-electron chi connectivity index (χ0n) is 31.8. The van der Waals surface area contributed by atoms with Crippen LogP contribution < -0.4 is 25.4 Å². The van der Waals surface area contributed by atoms with Crippen LogP contribution in [-0.2, 0) is 19.1 Å². The van der Waals surface area contributed by atoms with E-state index in [-0.39, 0.29) is 54.5 Å². The molecule has 16 heteroatoms. The van der Waals surface area contributed by atoms with Gasteiger partial charge in [0.1, 0.15) is 46.8 Å². The van der Waals surface area contributed by atoms with Gasteiger partial charge in [0.2, 0.25) is 11.8 Å². The third-order valence-corrected chi connectivity index (χ3v) is 11.8. The summed E-state index contributed by atoms with van der Waals surface area (Å²) >= 11 is 1.38. The SMILES string of the molecule is COc1ccc2c(O[C@@H]3C[C@H]4C(=O)N[C@]5(C(=O)O)C[C@H]5/C=C\CCCCC[C@H](NC(=O)OC5CCCC5)C(=O)N4C3)cc(-c3csc(NC(C)C)n3)nc2c1F. The number of nitrogens with one attached hydrogen (secondary N) is 3. The Labute approximate surface area is 328 Å². The molecule has 4 N–H and O–H groups in total. The molecule has 300 valence electrons. The standard InChI is InChI=1S/C40H49FN6O8S/c1-22(2)42-38-44-29(21-56-38)28-18-32(26-15-16-31(53-3)33(41)34(26)43-28)54-25-17-30-35(48)46-40(37(50)51)19-23(40)11-7-5-4-6-8-14-27(36(49)47(30)20-25)45-39(52)55-24-12-9-10-13-24/h7,11,15-16,18,21-25,27,30H,4-6,8-10,12-14,17,19-20H2,1-3H3,(H,42,44)(H,45,52)(H,46,48)(H,50,51)/b11-7-/t23-,25-,27+,30+,40-/m1/s1. The predicted octanol–water partition coefficient (Wildman–Crippen LogP) is 6.19. The topological polar surface area (TPSA) is 181 Å². The maximum Gasteiger partial charge on any atom is 0.408 e. The van der Waals surface area contributed by atoms with Crippen LogP contribution in [-0.4, -0.2) is 93.4 Å². The summed E-state index contributed by atoms with van der Waals surface area (Å²) in [5, 5.41) is 21.9. The van der Waals surface area contributed by atoms with E-state index in [4.69, 9.17) is 14.2 Å². The van der Waals surface area contributed by atoms with Gasteiger partial charge in [0.15, 0.2) is 16.7 Å². The maximum absolute atomic E-state index is 15.8. The Hall–Kier alpha value is -4.99. The summed E-state index contributed by atoms with van der Waals surface area (Å²) in [6.45, 7) is 3.92. The fourth-order valence-electron chi connectivity index (χ4n) is 7.96. The lowest BCUT2D eigenvalue weighted by Gasteiger charge is -2.29. The molecule has 0 unspecified atom stereocenters. The molecule has 3 aromatic rings. The highest BCUT2D eigenvalue weighted by atomic mass is 32.1. The highest BCUT2D eigenvalue weighted by Crippen LogP contribution is 2.46. The second-order valence-corrected chi connectivity index (χ2v) is 16.3. The van der Waals surface area contributed by atoms with Crippen molar-refractivity contribution in [3.05, 3.63) is 41.5 Å². The second kappa shape index (κ2) is 16.6. The Morgan fingerprint density at radius 3 is 2.59 bits per heavy atom. The molecular formula is C40H49FN6O8S. The van der Waals surface area contributed by atoms with Crippen molar-refractivity contribution in [2.24, 2.45) is 5.92 Å². The van der Waals surface area contributed by atoms with Crippen molar-refractivity contribution in [1.82, 2.24) is 25.5 Å². The van der Waals surface area contributed by atoms with E-state index in [1.807, 2.05) is 26.0 Å². The van der Waals surface area contributed by atoms with Crippen molar-refractivity contribution in [1.29, 1.82) is 0 Å². The van der Waals surface area contributed by atoms with Crippen LogP contribution >= 0.6 is 11.3 Å². The number of methoxy groups -OCH3 is 1. The first-order chi connectivity index (χ1) is 26.9. The number of aromatic nitrogens is 2. The van der Waals surface area contributed by atoms with Crippen LogP contribution in [0.25, 0.3) is 22.3 Å². The summed E-state index contributed by atoms with van der Waals surface area (Å²) in [6.07, 6.45) is 9.09. The monoisotopic (exact) mass is 792 g/mol. The number of fused-ring (bicyclic) bond motifs is 3. The molecule has 1 saturated heterocycles. The summed E-state index contributed by atoms with van der Waals surface area (Å²) in [5.41, 5.74) is -0.665. The number of pyridine rings is 1. The van der Waals surface area contributed by atoms with Gasteiger partial charge in [-0.1, -0.05) is 25.0 Å². The lowest BCUT2D eigenvalue weighted by molar-refractivity contribution is -0.145. The number of hydrogen-bond acceptors (Lipinski definition) is 11. The number of amides is 3. The molecule has 14 nitrogen and oxygen atoms in total. The van der Waals surface area contributed by atoms with Crippen LogP contribution in [0.15, 0.2) is 35.7 Å². The Morgan fingerprint density at radius 2 is 1.84 bits per heavy atom. The summed E-state index contributed by atoms with van der Waals surface area (Å²) in [5.74, 6) is -3.10. The van der Waals surface area contributed by atoms with Crippen LogP contribution in [0.2, 0.25) is 0 Å². The number of nitrogens with zero attached hydrogens (tertiary/aromatic N) is 3. The van der Waals surface area contributed by atoms with Crippen molar-refractivity contribution < 1.29 is 42.9 Å². The normalized spacial score (nSPS) is 26.4. The maximum atomic E-state index is 15.8. The van der Waals surface area contributed by atoms with Gasteiger partial charge < -0.3 is 40.2 Å². The van der Waals surface area contributed by atoms with Gasteiger partial charge in [-0.2, -0.15) is 0 Å². The highest BCUT2D eigenvalue weighted by molar-refractivity contribution is 7.14. The number of rotatable bonds is 9. The molecule has 0 radical (unpaired) electrons. The van der Waals surface area contributed by atoms with Crippen LogP contribution in [0.4, 0.5) is 14.3 Å². The smallest absolute Gasteiger partial charge is 0.408 e. The van der Waals surface area contributed by atoms with E-state index in [0.717, 1.165) is 44.9 Å². The zero-order valence-corrected chi connectivity index (χ0v) is 32.7. The van der Waals surface area contributed by atoms with Crippen molar-refractivity contribution >= 4 is 51.2 Å². The first-order valence-corrected chi connectivity index (χ1v) is 20.4. The number of anilines is 1. The summed E-state index contributed by atoms with van der Waals surface area (Å²) in [4.78, 5) is 65.1. The van der Waals surface area contributed by atoms with Crippen molar-refractivity contribution in [3.8, 4) is 22.9 Å². The Bertz CT molecular complexity index is 2000. The van der Waals surface area contributed by atoms with Crippen LogP contribution in [0, 0.1) is 11.7 Å². The lowest BCUT2D eigenvalue weighted by atomic mass is 10.0. The average Bonchev–Trinajstić information content (AvgIpc) is 3.59. The molecular weight excluding hydrogens is 744 g/mol. The number of thiazole rings is 1. The number of benzene rings is 1. The summed E-state index contributed by atoms with van der Waals surface area (Å²) < 4.78 is 33.4. The number of ether oxygens (including phenoxy) is 3. The van der Waals surface area contributed by atoms with Gasteiger partial charge in [-0.05, 0) is 77.3 Å². The van der Waals surface area contributed by atoms with Gasteiger partial charge in [-0.25, -0.2) is 23.9 Å². The van der Waals surface area contributed by atoms with Crippen molar-refractivity contribution in [3.63, 3.8) is 0 Å². The van der Waals surface area contributed by atoms with Crippen molar-refractivity contribution in [2.75, 3.05) is 19.0 Å². The third kappa shape index (κ3) is 8.39. The van der Waals surface area contributed by atoms with E-state index in [9.17, 15) is 24.3 Å². The fourth-order valence-corrected chi connectivity index (χ4v) is 8.81. The Morgan fingerprint density at radius 1 is 1.05 bits per heavy atom. The molecule has 2 aliphatic carbocycles. The van der Waals surface area contributed by atoms with E-state index in [1.165, 1.54) is 29.4 Å². The molecule has 5 atom stereocenters. The van der Waals surface area contributed by atoms with E-state index < -0.39 is 53.4 Å². The van der Waals surface area contributed by atoms with Gasteiger partial charge in [-0.3, -0.25) is 9.59 Å². The van der Waals surface area contributed by atoms with Gasteiger partial charge >= 0.3 is 12.1 Å². The van der Waals surface area contributed by atoms with Crippen LogP contribution in [0.3, 0.4) is 0 Å². The summed E-state index contributed by atoms with van der Waals surface area (Å²) in [7, 11) is 1.36. The fraction of sp³-hybridized carbons (Fsp3) is 0.550. The molecule has 4 heterocycles. The third-order valence-electron chi connectivity index (χ3n) is 11.0. The quantitative estimate of drug-likeness (QED) is 0.181. The van der Waals surface area contributed by atoms with E-state index in [0.29, 0.717) is 34.7 Å². The van der Waals surface area contributed by atoms with Crippen LogP contribution in [0.1, 0.15) is 84.5 Å². The molecule has 56 heavy (non-hydrogen) atoms. The number of allylic oxidation sites excluding steroid dienone is 1. The molecule has 2 saturated carbocycles. The summed E-state index contributed by atoms with van der Waals surface area (Å²) in [6, 6.07) is 2.78. The number of carboxylic acid groups (broad SMARTS) is 1. The number of carbonyl (C=O) groups is 4. The molecule has 3 fully saturated rings. The average molecular weight is 793 g/mol. The molecule has 0 bridgehead atoms. The van der Waals surface area contributed by atoms with Gasteiger partial charge in [0.05, 0.1) is 19.3 Å². The minimum atomic E-state index is -1.49. The predicted molar refractivity (Wildman–Crippen MR) is 207 cm³/mol. The minimum absolute atomic E-state index is 0.00393. The van der Waals surface area contributed by atoms with E-state index in [2.05, 4.69) is 25.9 Å². The second-order valence-electron chi connectivity index (χ2n) is 15.5. The number of aliphatic carboxylic acids is 1. The Kier molecular flexibility index (Phi) is 11.7. The lowest BCUT2D eigenvalue weighted by Crippen LogP contribution is -2.56. The van der Waals surface area contributed by atoms with Crippen molar-refractivity contribution in [2.45, 2.75) is 120 Å². The number of hydrogen-bond donors (Lipinski definition) is 4. The number of carbonyl (C=O) groups excluding carboxylic acids is 3. The van der Waals surface area contributed by atoms with E-state index >= 15 is 4.39 Å². The van der Waals surface area contributed by atoms with Gasteiger partial charge in [-0.15, -0.1) is 11.3 Å². The molecule has 1 aromatic carbocycles. The van der Waals surface area contributed by atoms with Crippen LogP contribution in [0.5, 0.6) is 11.5 Å². The Balaban J connectivity index is 1.22. The first kappa shape index (κ1) is 39.3. The highest BCUT2D eigenvalue weighted by Gasteiger charge is 2.61. The van der Waals surface area contributed by atoms with E-state index in [1.54, 1.807) is 17.5 Å². The number of carboxylic acids is 1. The van der Waals surface area contributed by atoms with Gasteiger partial charge in [0.25, 0.3) is 0 Å². The van der Waals surface area contributed by atoms with Gasteiger partial charge in [0, 0.05) is 35.2 Å².